The molecule has 2 N–H and O–H groups in total. The van der Waals surface area contributed by atoms with Gasteiger partial charge in [0.1, 0.15) is 10.7 Å². The van der Waals surface area contributed by atoms with Gasteiger partial charge in [0.25, 0.3) is 0 Å². The maximum atomic E-state index is 5.57. The maximum Gasteiger partial charge on any atom is 0.143 e. The molecule has 0 saturated carbocycles. The number of nitrogens with zero attached hydrogens (tertiary/aromatic N) is 3. The molecule has 84 valence electrons. The van der Waals surface area contributed by atoms with E-state index < -0.39 is 0 Å². The second kappa shape index (κ2) is 5.77. The van der Waals surface area contributed by atoms with Crippen LogP contribution in [-0.4, -0.2) is 33.7 Å². The van der Waals surface area contributed by atoms with Crippen molar-refractivity contribution in [1.29, 1.82) is 0 Å². The molecule has 15 heavy (non-hydrogen) atoms. The third-order valence-corrected chi connectivity index (χ3v) is 2.26. The van der Waals surface area contributed by atoms with Gasteiger partial charge in [0, 0.05) is 7.11 Å². The van der Waals surface area contributed by atoms with Crippen LogP contribution >= 0.6 is 12.2 Å². The van der Waals surface area contributed by atoms with E-state index in [1.54, 1.807) is 7.11 Å². The van der Waals surface area contributed by atoms with Crippen LogP contribution in [0.1, 0.15) is 24.7 Å². The zero-order chi connectivity index (χ0) is 11.3. The van der Waals surface area contributed by atoms with Crippen LogP contribution in [0.15, 0.2) is 0 Å². The summed E-state index contributed by atoms with van der Waals surface area (Å²) in [5.74, 6) is 0. The topological polar surface area (TPSA) is 66.0 Å². The zero-order valence-corrected chi connectivity index (χ0v) is 9.88. The molecule has 0 aliphatic carbocycles. The molecule has 1 aromatic heterocycles. The summed E-state index contributed by atoms with van der Waals surface area (Å²) in [6.07, 6.45) is 1.89. The standard InChI is InChI=1S/C9H16N4OS/c1-3-4-7-8(9(10)15)11-12-13(7)5-6-14-2/h3-6H2,1-2H3,(H2,10,15). The summed E-state index contributed by atoms with van der Waals surface area (Å²) in [4.78, 5) is 0.308. The molecule has 1 heterocycles. The molecular weight excluding hydrogens is 212 g/mol. The van der Waals surface area contributed by atoms with Crippen molar-refractivity contribution in [1.82, 2.24) is 15.0 Å². The average Bonchev–Trinajstić information content (AvgIpc) is 2.59. The van der Waals surface area contributed by atoms with Crippen molar-refractivity contribution < 1.29 is 4.74 Å². The predicted octanol–water partition coefficient (Wildman–Crippen LogP) is 0.511. The SMILES string of the molecule is CCCc1c(C(N)=S)nnn1CCOC. The lowest BCUT2D eigenvalue weighted by molar-refractivity contribution is 0.181. The molecule has 0 bridgehead atoms. The number of methoxy groups -OCH3 is 1. The van der Waals surface area contributed by atoms with Crippen molar-refractivity contribution in [3.63, 3.8) is 0 Å². The van der Waals surface area contributed by atoms with E-state index in [2.05, 4.69) is 17.2 Å². The largest absolute Gasteiger partial charge is 0.388 e. The van der Waals surface area contributed by atoms with Gasteiger partial charge >= 0.3 is 0 Å². The molecule has 0 amide bonds. The quantitative estimate of drug-likeness (QED) is 0.719. The van der Waals surface area contributed by atoms with Crippen LogP contribution in [0, 0.1) is 0 Å². The van der Waals surface area contributed by atoms with Crippen molar-refractivity contribution in [3.8, 4) is 0 Å². The predicted molar refractivity (Wildman–Crippen MR) is 61.8 cm³/mol. The van der Waals surface area contributed by atoms with Gasteiger partial charge in [-0.25, -0.2) is 4.68 Å². The molecule has 0 aliphatic rings. The minimum Gasteiger partial charge on any atom is -0.388 e. The van der Waals surface area contributed by atoms with Crippen molar-refractivity contribution in [2.75, 3.05) is 13.7 Å². The first-order valence-electron chi connectivity index (χ1n) is 4.91. The van der Waals surface area contributed by atoms with Crippen LogP contribution < -0.4 is 5.73 Å². The Bertz CT molecular complexity index is 337. The Balaban J connectivity index is 2.90. The van der Waals surface area contributed by atoms with Gasteiger partial charge in [-0.15, -0.1) is 5.10 Å². The van der Waals surface area contributed by atoms with Gasteiger partial charge in [0.05, 0.1) is 18.8 Å². The van der Waals surface area contributed by atoms with E-state index in [0.29, 0.717) is 23.8 Å². The maximum absolute atomic E-state index is 5.57. The molecule has 0 atom stereocenters. The fourth-order valence-corrected chi connectivity index (χ4v) is 1.52. The first-order chi connectivity index (χ1) is 7.20. The fraction of sp³-hybridized carbons (Fsp3) is 0.667. The number of hydrogen-bond acceptors (Lipinski definition) is 4. The number of hydrogen-bond donors (Lipinski definition) is 1. The first-order valence-corrected chi connectivity index (χ1v) is 5.32. The molecule has 1 aromatic rings. The number of aromatic nitrogens is 3. The summed E-state index contributed by atoms with van der Waals surface area (Å²) in [6, 6.07) is 0. The second-order valence-electron chi connectivity index (χ2n) is 3.21. The molecule has 0 radical (unpaired) electrons. The molecule has 0 aliphatic heterocycles. The van der Waals surface area contributed by atoms with Gasteiger partial charge in [0.2, 0.25) is 0 Å². The van der Waals surface area contributed by atoms with E-state index in [4.69, 9.17) is 22.7 Å². The van der Waals surface area contributed by atoms with E-state index in [1.165, 1.54) is 0 Å². The first kappa shape index (κ1) is 12.1. The van der Waals surface area contributed by atoms with E-state index in [9.17, 15) is 0 Å². The summed E-state index contributed by atoms with van der Waals surface area (Å²) < 4.78 is 6.80. The Hall–Kier alpha value is -1.01. The second-order valence-corrected chi connectivity index (χ2v) is 3.65. The van der Waals surface area contributed by atoms with E-state index >= 15 is 0 Å². The van der Waals surface area contributed by atoms with Crippen molar-refractivity contribution in [3.05, 3.63) is 11.4 Å². The highest BCUT2D eigenvalue weighted by molar-refractivity contribution is 7.80. The van der Waals surface area contributed by atoms with Crippen LogP contribution in [0.25, 0.3) is 0 Å². The Morgan fingerprint density at radius 3 is 2.87 bits per heavy atom. The van der Waals surface area contributed by atoms with Crippen LogP contribution in [0.5, 0.6) is 0 Å². The zero-order valence-electron chi connectivity index (χ0n) is 9.06. The number of rotatable bonds is 6. The van der Waals surface area contributed by atoms with Gasteiger partial charge in [-0.3, -0.25) is 0 Å². The fourth-order valence-electron chi connectivity index (χ4n) is 1.37. The summed E-state index contributed by atoms with van der Waals surface area (Å²) in [6.45, 7) is 3.38. The summed E-state index contributed by atoms with van der Waals surface area (Å²) >= 11 is 4.92. The highest BCUT2D eigenvalue weighted by Gasteiger charge is 2.13. The summed E-state index contributed by atoms with van der Waals surface area (Å²) in [5, 5.41) is 7.99. The van der Waals surface area contributed by atoms with E-state index in [0.717, 1.165) is 18.5 Å². The smallest absolute Gasteiger partial charge is 0.143 e. The van der Waals surface area contributed by atoms with E-state index in [1.807, 2.05) is 4.68 Å². The minimum absolute atomic E-state index is 0.308. The van der Waals surface area contributed by atoms with E-state index in [-0.39, 0.29) is 0 Å². The normalized spacial score (nSPS) is 10.5. The van der Waals surface area contributed by atoms with Crippen LogP contribution in [0.2, 0.25) is 0 Å². The third kappa shape index (κ3) is 2.97. The Kier molecular flexibility index (Phi) is 4.64. The molecule has 0 saturated heterocycles. The van der Waals surface area contributed by atoms with Gasteiger partial charge in [-0.05, 0) is 6.42 Å². The minimum atomic E-state index is 0.308. The molecule has 0 aromatic carbocycles. The number of thiocarbonyl (C=S) groups is 1. The Morgan fingerprint density at radius 2 is 2.33 bits per heavy atom. The van der Waals surface area contributed by atoms with Crippen molar-refractivity contribution in [2.24, 2.45) is 5.73 Å². The number of ether oxygens (including phenoxy) is 1. The number of nitrogens with two attached hydrogens (primary N) is 1. The van der Waals surface area contributed by atoms with Crippen molar-refractivity contribution in [2.45, 2.75) is 26.3 Å². The lowest BCUT2D eigenvalue weighted by Gasteiger charge is -2.05. The van der Waals surface area contributed by atoms with Gasteiger partial charge < -0.3 is 10.5 Å². The molecule has 0 fully saturated rings. The third-order valence-electron chi connectivity index (χ3n) is 2.07. The Morgan fingerprint density at radius 1 is 1.60 bits per heavy atom. The molecule has 1 rings (SSSR count). The lowest BCUT2D eigenvalue weighted by atomic mass is 10.2. The molecular formula is C9H16N4OS. The summed E-state index contributed by atoms with van der Waals surface area (Å²) in [5.41, 5.74) is 7.21. The highest BCUT2D eigenvalue weighted by atomic mass is 32.1. The highest BCUT2D eigenvalue weighted by Crippen LogP contribution is 2.08. The average molecular weight is 228 g/mol. The van der Waals surface area contributed by atoms with Gasteiger partial charge in [-0.1, -0.05) is 30.8 Å². The van der Waals surface area contributed by atoms with Gasteiger partial charge in [0.15, 0.2) is 0 Å². The molecule has 5 nitrogen and oxygen atoms in total. The molecule has 0 unspecified atom stereocenters. The monoisotopic (exact) mass is 228 g/mol. The van der Waals surface area contributed by atoms with Crippen LogP contribution in [0.3, 0.4) is 0 Å². The Labute approximate surface area is 94.6 Å². The van der Waals surface area contributed by atoms with Crippen molar-refractivity contribution >= 4 is 17.2 Å². The van der Waals surface area contributed by atoms with Crippen LogP contribution in [-0.2, 0) is 17.7 Å². The van der Waals surface area contributed by atoms with Gasteiger partial charge in [-0.2, -0.15) is 0 Å². The lowest BCUT2D eigenvalue weighted by Crippen LogP contribution is -2.15. The van der Waals surface area contributed by atoms with Crippen LogP contribution in [0.4, 0.5) is 0 Å². The summed E-state index contributed by atoms with van der Waals surface area (Å²) in [7, 11) is 1.66. The molecule has 0 spiro atoms. The molecule has 6 heteroatoms.